The van der Waals surface area contributed by atoms with Crippen LogP contribution in [0.1, 0.15) is 37.0 Å². The lowest BCUT2D eigenvalue weighted by molar-refractivity contribution is -0.140. The van der Waals surface area contributed by atoms with Crippen LogP contribution in [0.5, 0.6) is 0 Å². The number of amides is 2. The van der Waals surface area contributed by atoms with Gasteiger partial charge in [-0.05, 0) is 55.7 Å². The van der Waals surface area contributed by atoms with Gasteiger partial charge in [-0.1, -0.05) is 67.1 Å². The first-order valence-electron chi connectivity index (χ1n) is 12.9. The molecule has 0 aromatic heterocycles. The summed E-state index contributed by atoms with van der Waals surface area (Å²) in [6.07, 6.45) is 1.95. The van der Waals surface area contributed by atoms with E-state index >= 15 is 0 Å². The van der Waals surface area contributed by atoms with Crippen molar-refractivity contribution < 1.29 is 22.4 Å². The lowest BCUT2D eigenvalue weighted by Crippen LogP contribution is -2.54. The number of carbonyl (C=O) groups excluding carboxylic acids is 2. The van der Waals surface area contributed by atoms with Gasteiger partial charge in [0.1, 0.15) is 18.4 Å². The van der Waals surface area contributed by atoms with Crippen LogP contribution in [0.25, 0.3) is 0 Å². The van der Waals surface area contributed by atoms with E-state index in [0.717, 1.165) is 39.4 Å². The fraction of sp³-hybridized carbons (Fsp3) is 0.333. The van der Waals surface area contributed by atoms with Crippen molar-refractivity contribution in [3.05, 3.63) is 101 Å². The zero-order valence-corrected chi connectivity index (χ0v) is 23.6. The van der Waals surface area contributed by atoms with E-state index in [9.17, 15) is 22.4 Å². The van der Waals surface area contributed by atoms with Gasteiger partial charge in [0.15, 0.2) is 0 Å². The average molecular weight is 554 g/mol. The van der Waals surface area contributed by atoms with E-state index in [4.69, 9.17) is 0 Å². The molecule has 7 nitrogen and oxygen atoms in total. The Morgan fingerprint density at radius 3 is 2.10 bits per heavy atom. The largest absolute Gasteiger partial charge is 0.352 e. The molecule has 39 heavy (non-hydrogen) atoms. The molecule has 3 rings (SSSR count). The molecule has 1 N–H and O–H groups in total. The van der Waals surface area contributed by atoms with Crippen molar-refractivity contribution in [2.75, 3.05) is 17.1 Å². The van der Waals surface area contributed by atoms with Gasteiger partial charge in [-0.25, -0.2) is 12.8 Å². The number of hydrogen-bond acceptors (Lipinski definition) is 4. The Kier molecular flexibility index (Phi) is 10.2. The van der Waals surface area contributed by atoms with Crippen LogP contribution in [-0.4, -0.2) is 50.0 Å². The zero-order chi connectivity index (χ0) is 28.6. The zero-order valence-electron chi connectivity index (χ0n) is 22.8. The average Bonchev–Trinajstić information content (AvgIpc) is 2.90. The molecule has 3 aromatic carbocycles. The lowest BCUT2D eigenvalue weighted by atomic mass is 10.0. The first-order chi connectivity index (χ1) is 18.5. The number of sulfonamides is 1. The summed E-state index contributed by atoms with van der Waals surface area (Å²) >= 11 is 0. The second kappa shape index (κ2) is 13.4. The van der Waals surface area contributed by atoms with Crippen molar-refractivity contribution in [3.8, 4) is 0 Å². The molecule has 0 saturated carbocycles. The molecule has 9 heteroatoms. The van der Waals surface area contributed by atoms with Gasteiger partial charge in [0, 0.05) is 19.0 Å². The molecule has 2 atom stereocenters. The maximum atomic E-state index is 14.0. The highest BCUT2D eigenvalue weighted by Gasteiger charge is 2.33. The summed E-state index contributed by atoms with van der Waals surface area (Å²) in [5.74, 6) is -1.39. The van der Waals surface area contributed by atoms with E-state index in [1.807, 2.05) is 75.4 Å². The van der Waals surface area contributed by atoms with Crippen molar-refractivity contribution in [3.63, 3.8) is 0 Å². The summed E-state index contributed by atoms with van der Waals surface area (Å²) in [6, 6.07) is 20.9. The quantitative estimate of drug-likeness (QED) is 0.359. The molecule has 0 aliphatic rings. The van der Waals surface area contributed by atoms with Crippen molar-refractivity contribution >= 4 is 27.5 Å². The highest BCUT2D eigenvalue weighted by Crippen LogP contribution is 2.21. The molecule has 2 amide bonds. The van der Waals surface area contributed by atoms with E-state index in [1.165, 1.54) is 17.0 Å². The summed E-state index contributed by atoms with van der Waals surface area (Å²) in [5.41, 5.74) is 2.87. The molecule has 0 unspecified atom stereocenters. The molecular weight excluding hydrogens is 517 g/mol. The van der Waals surface area contributed by atoms with Crippen LogP contribution in [-0.2, 0) is 32.6 Å². The molecule has 0 heterocycles. The van der Waals surface area contributed by atoms with Gasteiger partial charge in [-0.3, -0.25) is 13.9 Å². The molecule has 0 radical (unpaired) electrons. The Bertz CT molecular complexity index is 1350. The van der Waals surface area contributed by atoms with Crippen LogP contribution >= 0.6 is 0 Å². The van der Waals surface area contributed by atoms with Gasteiger partial charge in [-0.2, -0.15) is 0 Å². The Morgan fingerprint density at radius 1 is 0.923 bits per heavy atom. The minimum Gasteiger partial charge on any atom is -0.352 e. The monoisotopic (exact) mass is 553 g/mol. The minimum absolute atomic E-state index is 0.103. The number of carbonyl (C=O) groups is 2. The fourth-order valence-corrected chi connectivity index (χ4v) is 4.96. The summed E-state index contributed by atoms with van der Waals surface area (Å²) in [4.78, 5) is 29.0. The molecule has 208 valence electrons. The number of anilines is 1. The van der Waals surface area contributed by atoms with E-state index in [2.05, 4.69) is 5.32 Å². The topological polar surface area (TPSA) is 86.8 Å². The second-order valence-electron chi connectivity index (χ2n) is 9.78. The number of halogens is 1. The van der Waals surface area contributed by atoms with Crippen LogP contribution in [0.3, 0.4) is 0 Å². The van der Waals surface area contributed by atoms with Gasteiger partial charge in [0.2, 0.25) is 21.8 Å². The van der Waals surface area contributed by atoms with Crippen molar-refractivity contribution in [1.29, 1.82) is 0 Å². The molecular formula is C30H36FN3O4S. The highest BCUT2D eigenvalue weighted by atomic mass is 32.2. The Labute approximate surface area is 230 Å². The van der Waals surface area contributed by atoms with Crippen LogP contribution < -0.4 is 9.62 Å². The minimum atomic E-state index is -3.90. The SMILES string of the molecule is CC[C@H](C)NC(=O)[C@@H](Cc1ccccc1)N(Cc1ccc(C)cc1)C(=O)CN(c1ccc(F)cc1)S(C)(=O)=O. The number of hydrogen-bond donors (Lipinski definition) is 1. The molecule has 0 spiro atoms. The fourth-order valence-electron chi connectivity index (χ4n) is 4.11. The summed E-state index contributed by atoms with van der Waals surface area (Å²) in [6.45, 7) is 5.36. The molecule has 0 aliphatic heterocycles. The molecule has 0 saturated heterocycles. The smallest absolute Gasteiger partial charge is 0.244 e. The Balaban J connectivity index is 2.04. The van der Waals surface area contributed by atoms with E-state index in [-0.39, 0.29) is 30.6 Å². The maximum Gasteiger partial charge on any atom is 0.244 e. The van der Waals surface area contributed by atoms with Gasteiger partial charge < -0.3 is 10.2 Å². The predicted molar refractivity (Wildman–Crippen MR) is 152 cm³/mol. The third-order valence-electron chi connectivity index (χ3n) is 6.54. The van der Waals surface area contributed by atoms with Crippen LogP contribution in [0.2, 0.25) is 0 Å². The predicted octanol–water partition coefficient (Wildman–Crippen LogP) is 4.45. The first kappa shape index (κ1) is 29.8. The molecule has 0 bridgehead atoms. The number of aryl methyl sites for hydroxylation is 1. The maximum absolute atomic E-state index is 14.0. The molecule has 0 fully saturated rings. The summed E-state index contributed by atoms with van der Waals surface area (Å²) in [7, 11) is -3.90. The third-order valence-corrected chi connectivity index (χ3v) is 7.68. The molecule has 0 aliphatic carbocycles. The van der Waals surface area contributed by atoms with Gasteiger partial charge in [0.25, 0.3) is 0 Å². The van der Waals surface area contributed by atoms with Crippen molar-refractivity contribution in [2.45, 2.75) is 52.2 Å². The number of benzene rings is 3. The summed E-state index contributed by atoms with van der Waals surface area (Å²) < 4.78 is 40.0. The van der Waals surface area contributed by atoms with Crippen LogP contribution in [0.15, 0.2) is 78.9 Å². The van der Waals surface area contributed by atoms with Crippen LogP contribution in [0, 0.1) is 12.7 Å². The highest BCUT2D eigenvalue weighted by molar-refractivity contribution is 7.92. The Morgan fingerprint density at radius 2 is 1.54 bits per heavy atom. The Hall–Kier alpha value is -3.72. The van der Waals surface area contributed by atoms with Gasteiger partial charge >= 0.3 is 0 Å². The van der Waals surface area contributed by atoms with Gasteiger partial charge in [-0.15, -0.1) is 0 Å². The molecule has 3 aromatic rings. The van der Waals surface area contributed by atoms with E-state index < -0.39 is 34.3 Å². The van der Waals surface area contributed by atoms with Gasteiger partial charge in [0.05, 0.1) is 11.9 Å². The lowest BCUT2D eigenvalue weighted by Gasteiger charge is -2.34. The van der Waals surface area contributed by atoms with Crippen molar-refractivity contribution in [1.82, 2.24) is 10.2 Å². The standard InChI is InChI=1S/C30H36FN3O4S/c1-5-23(3)32-30(36)28(19-24-9-7-6-8-10-24)33(20-25-13-11-22(2)12-14-25)29(35)21-34(39(4,37)38)27-17-15-26(31)16-18-27/h6-18,23,28H,5,19-21H2,1-4H3,(H,32,36)/t23-,28+/m0/s1. The number of nitrogens with zero attached hydrogens (tertiary/aromatic N) is 2. The van der Waals surface area contributed by atoms with Crippen molar-refractivity contribution in [2.24, 2.45) is 0 Å². The normalized spacial score (nSPS) is 12.8. The van der Waals surface area contributed by atoms with E-state index in [1.54, 1.807) is 0 Å². The third kappa shape index (κ3) is 8.64. The van der Waals surface area contributed by atoms with E-state index in [0.29, 0.717) is 6.42 Å². The number of nitrogens with one attached hydrogen (secondary N) is 1. The van der Waals surface area contributed by atoms with Crippen LogP contribution in [0.4, 0.5) is 10.1 Å². The number of rotatable bonds is 12. The first-order valence-corrected chi connectivity index (χ1v) is 14.7. The summed E-state index contributed by atoms with van der Waals surface area (Å²) in [5, 5.41) is 3.00. The second-order valence-corrected chi connectivity index (χ2v) is 11.7.